The summed E-state index contributed by atoms with van der Waals surface area (Å²) < 4.78 is 0. The molecule has 0 spiro atoms. The molecule has 0 unspecified atom stereocenters. The van der Waals surface area contributed by atoms with Crippen molar-refractivity contribution in [3.63, 3.8) is 0 Å². The Balaban J connectivity index is 2.29. The molecule has 5 nitrogen and oxygen atoms in total. The normalized spacial score (nSPS) is 17.7. The van der Waals surface area contributed by atoms with Crippen molar-refractivity contribution in [2.24, 2.45) is 17.2 Å². The minimum Gasteiger partial charge on any atom is -0.507 e. The summed E-state index contributed by atoms with van der Waals surface area (Å²) in [4.78, 5) is 2.13. The molecular formula is C18H26N4O. The molecule has 1 aliphatic rings. The quantitative estimate of drug-likeness (QED) is 0.506. The highest BCUT2D eigenvalue weighted by Gasteiger charge is 2.12. The number of allylic oxidation sites excluding steroid dienone is 2. The van der Waals surface area contributed by atoms with Gasteiger partial charge in [-0.15, -0.1) is 0 Å². The number of para-hydroxylation sites is 1. The summed E-state index contributed by atoms with van der Waals surface area (Å²) in [6.45, 7) is 1.62. The molecule has 1 aliphatic heterocycles. The van der Waals surface area contributed by atoms with Crippen LogP contribution in [0.5, 0.6) is 5.75 Å². The molecule has 23 heavy (non-hydrogen) atoms. The molecule has 0 atom stereocenters. The second kappa shape index (κ2) is 8.17. The molecule has 124 valence electrons. The molecule has 0 amide bonds. The molecule has 0 saturated carbocycles. The average Bonchev–Trinajstić information content (AvgIpc) is 2.66. The summed E-state index contributed by atoms with van der Waals surface area (Å²) in [5.41, 5.74) is 19.7. The summed E-state index contributed by atoms with van der Waals surface area (Å²) in [5.74, 6) is 0.372. The number of hydrogen-bond acceptors (Lipinski definition) is 5. The predicted octanol–water partition coefficient (Wildman–Crippen LogP) is 2.21. The molecule has 0 fully saturated rings. The van der Waals surface area contributed by atoms with Crippen molar-refractivity contribution in [3.8, 4) is 5.75 Å². The lowest BCUT2D eigenvalue weighted by Crippen LogP contribution is -2.29. The van der Waals surface area contributed by atoms with Crippen LogP contribution in [0, 0.1) is 0 Å². The van der Waals surface area contributed by atoms with Gasteiger partial charge in [0.05, 0.1) is 5.70 Å². The summed E-state index contributed by atoms with van der Waals surface area (Å²) in [6, 6.07) is 6.96. The molecule has 5 heteroatoms. The molecular weight excluding hydrogens is 288 g/mol. The Morgan fingerprint density at radius 1 is 1.04 bits per heavy atom. The van der Waals surface area contributed by atoms with Crippen molar-refractivity contribution < 1.29 is 5.11 Å². The highest BCUT2D eigenvalue weighted by molar-refractivity contribution is 5.69. The van der Waals surface area contributed by atoms with E-state index in [1.165, 1.54) is 12.8 Å². The Labute approximate surface area is 137 Å². The number of benzene rings is 1. The summed E-state index contributed by atoms with van der Waals surface area (Å²) >= 11 is 0. The van der Waals surface area contributed by atoms with E-state index in [-0.39, 0.29) is 11.6 Å². The molecule has 7 N–H and O–H groups in total. The van der Waals surface area contributed by atoms with Crippen LogP contribution in [0.1, 0.15) is 31.2 Å². The topological polar surface area (TPSA) is 102 Å². The molecule has 0 aromatic heterocycles. The Morgan fingerprint density at radius 2 is 1.83 bits per heavy atom. The van der Waals surface area contributed by atoms with E-state index in [2.05, 4.69) is 17.1 Å². The molecule has 2 rings (SSSR count). The van der Waals surface area contributed by atoms with E-state index < -0.39 is 0 Å². The fourth-order valence-electron chi connectivity index (χ4n) is 2.67. The second-order valence-corrected chi connectivity index (χ2v) is 5.72. The minimum absolute atomic E-state index is 0.139. The SMILES string of the molecule is NC(N)=C(/C=C(\N)c1ccccc1O)N1C/C=C\CCCCC1. The molecule has 0 saturated heterocycles. The van der Waals surface area contributed by atoms with Gasteiger partial charge in [0, 0.05) is 24.4 Å². The molecule has 1 aromatic rings. The maximum Gasteiger partial charge on any atom is 0.124 e. The van der Waals surface area contributed by atoms with Crippen molar-refractivity contribution in [1.82, 2.24) is 4.90 Å². The molecule has 1 aromatic carbocycles. The number of aromatic hydroxyl groups is 1. The number of phenolic OH excluding ortho intramolecular Hbond substituents is 1. The third-order valence-electron chi connectivity index (χ3n) is 3.94. The summed E-state index contributed by atoms with van der Waals surface area (Å²) in [5, 5.41) is 9.94. The standard InChI is InChI=1S/C18H26N4O/c19-15(14-9-5-6-10-17(14)23)13-16(18(20)21)22-11-7-3-1-2-4-8-12-22/h3,5-7,9-10,13,23H,1-2,4,8,11-12,19-21H2/b7-3-,15-13-. The summed E-state index contributed by atoms with van der Waals surface area (Å²) in [7, 11) is 0. The first kappa shape index (κ1) is 16.8. The van der Waals surface area contributed by atoms with Crippen LogP contribution in [-0.2, 0) is 0 Å². The van der Waals surface area contributed by atoms with Crippen LogP contribution in [0.4, 0.5) is 0 Å². The van der Waals surface area contributed by atoms with Crippen LogP contribution in [0.15, 0.2) is 54.0 Å². The van der Waals surface area contributed by atoms with Gasteiger partial charge in [0.1, 0.15) is 11.6 Å². The predicted molar refractivity (Wildman–Crippen MR) is 94.9 cm³/mol. The van der Waals surface area contributed by atoms with Gasteiger partial charge in [0.2, 0.25) is 0 Å². The van der Waals surface area contributed by atoms with E-state index in [1.54, 1.807) is 24.3 Å². The van der Waals surface area contributed by atoms with Gasteiger partial charge in [0.15, 0.2) is 0 Å². The van der Waals surface area contributed by atoms with E-state index in [0.717, 1.165) is 25.9 Å². The van der Waals surface area contributed by atoms with Crippen LogP contribution in [0.25, 0.3) is 5.70 Å². The first-order chi connectivity index (χ1) is 11.1. The van der Waals surface area contributed by atoms with Gasteiger partial charge in [-0.3, -0.25) is 0 Å². The van der Waals surface area contributed by atoms with E-state index >= 15 is 0 Å². The van der Waals surface area contributed by atoms with Crippen LogP contribution in [0.2, 0.25) is 0 Å². The van der Waals surface area contributed by atoms with Crippen LogP contribution in [0.3, 0.4) is 0 Å². The highest BCUT2D eigenvalue weighted by Crippen LogP contribution is 2.23. The van der Waals surface area contributed by atoms with Crippen molar-refractivity contribution >= 4 is 5.70 Å². The van der Waals surface area contributed by atoms with Gasteiger partial charge >= 0.3 is 0 Å². The Kier molecular flexibility index (Phi) is 5.97. The van der Waals surface area contributed by atoms with Gasteiger partial charge in [-0.05, 0) is 37.5 Å². The zero-order chi connectivity index (χ0) is 16.7. The van der Waals surface area contributed by atoms with E-state index in [1.807, 2.05) is 6.07 Å². The van der Waals surface area contributed by atoms with Gasteiger partial charge in [0.25, 0.3) is 0 Å². The van der Waals surface area contributed by atoms with Crippen molar-refractivity contribution in [2.45, 2.75) is 25.7 Å². The van der Waals surface area contributed by atoms with Gasteiger partial charge < -0.3 is 27.2 Å². The van der Waals surface area contributed by atoms with Crippen molar-refractivity contribution in [2.75, 3.05) is 13.1 Å². The Hall–Kier alpha value is -2.56. The van der Waals surface area contributed by atoms with Crippen LogP contribution in [-0.4, -0.2) is 23.1 Å². The first-order valence-corrected chi connectivity index (χ1v) is 8.00. The van der Waals surface area contributed by atoms with Crippen molar-refractivity contribution in [3.05, 3.63) is 59.6 Å². The lowest BCUT2D eigenvalue weighted by atomic mass is 10.1. The molecule has 0 bridgehead atoms. The monoisotopic (exact) mass is 314 g/mol. The number of nitrogens with zero attached hydrogens (tertiary/aromatic N) is 1. The average molecular weight is 314 g/mol. The van der Waals surface area contributed by atoms with Gasteiger partial charge in [-0.1, -0.05) is 30.7 Å². The number of rotatable bonds is 3. The third-order valence-corrected chi connectivity index (χ3v) is 3.94. The first-order valence-electron chi connectivity index (χ1n) is 8.00. The maximum atomic E-state index is 9.94. The molecule has 0 radical (unpaired) electrons. The van der Waals surface area contributed by atoms with Crippen LogP contribution < -0.4 is 17.2 Å². The fraction of sp³-hybridized carbons (Fsp3) is 0.333. The number of nitrogens with two attached hydrogens (primary N) is 3. The zero-order valence-electron chi connectivity index (χ0n) is 13.4. The highest BCUT2D eigenvalue weighted by atomic mass is 16.3. The minimum atomic E-state index is 0.139. The largest absolute Gasteiger partial charge is 0.507 e. The number of phenols is 1. The van der Waals surface area contributed by atoms with E-state index in [0.29, 0.717) is 17.0 Å². The van der Waals surface area contributed by atoms with Crippen LogP contribution >= 0.6 is 0 Å². The maximum absolute atomic E-state index is 9.94. The van der Waals surface area contributed by atoms with Crippen molar-refractivity contribution in [1.29, 1.82) is 0 Å². The second-order valence-electron chi connectivity index (χ2n) is 5.72. The fourth-order valence-corrected chi connectivity index (χ4v) is 2.67. The van der Waals surface area contributed by atoms with Gasteiger partial charge in [-0.2, -0.15) is 0 Å². The lowest BCUT2D eigenvalue weighted by molar-refractivity contribution is 0.375. The van der Waals surface area contributed by atoms with E-state index in [9.17, 15) is 5.11 Å². The Morgan fingerprint density at radius 3 is 2.57 bits per heavy atom. The lowest BCUT2D eigenvalue weighted by Gasteiger charge is -2.25. The zero-order valence-corrected chi connectivity index (χ0v) is 13.4. The third kappa shape index (κ3) is 4.71. The van der Waals surface area contributed by atoms with E-state index in [4.69, 9.17) is 17.2 Å². The smallest absolute Gasteiger partial charge is 0.124 e. The van der Waals surface area contributed by atoms with Gasteiger partial charge in [-0.25, -0.2) is 0 Å². The Bertz CT molecular complexity index is 615. The summed E-state index contributed by atoms with van der Waals surface area (Å²) in [6.07, 6.45) is 10.7. The number of hydrogen-bond donors (Lipinski definition) is 4. The molecule has 0 aliphatic carbocycles. The molecule has 1 heterocycles.